The first-order valence-corrected chi connectivity index (χ1v) is 12.0. The Hall–Kier alpha value is -2.28. The summed E-state index contributed by atoms with van der Waals surface area (Å²) >= 11 is 1.66. The van der Waals surface area contributed by atoms with Gasteiger partial charge in [-0.25, -0.2) is 0 Å². The van der Waals surface area contributed by atoms with Crippen LogP contribution in [-0.2, 0) is 16.0 Å². The van der Waals surface area contributed by atoms with Gasteiger partial charge in [0.25, 0.3) is 0 Å². The number of rotatable bonds is 14. The number of carbonyl (C=O) groups is 2. The van der Waals surface area contributed by atoms with E-state index in [9.17, 15) is 19.8 Å². The molecule has 2 rings (SSSR count). The minimum absolute atomic E-state index is 0.0721. The summed E-state index contributed by atoms with van der Waals surface area (Å²) in [6, 6.07) is 10.2. The van der Waals surface area contributed by atoms with Crippen LogP contribution in [0.15, 0.2) is 54.6 Å². The van der Waals surface area contributed by atoms with Gasteiger partial charge in [0, 0.05) is 40.2 Å². The minimum atomic E-state index is -0.814. The van der Waals surface area contributed by atoms with Crippen LogP contribution in [0.1, 0.15) is 44.4 Å². The fourth-order valence-electron chi connectivity index (χ4n) is 3.67. The Morgan fingerprint density at radius 1 is 1.12 bits per heavy atom. The molecule has 0 spiro atoms. The molecular formula is C26H34O5S. The number of Topliss-reactive ketones (excluding diaryl/α,β-unsaturated/α-hetero) is 1. The maximum atomic E-state index is 12.8. The lowest BCUT2D eigenvalue weighted by Crippen LogP contribution is -2.28. The number of thiophene rings is 1. The molecule has 1 aromatic heterocycles. The largest absolute Gasteiger partial charge is 0.481 e. The van der Waals surface area contributed by atoms with Gasteiger partial charge in [-0.3, -0.25) is 9.59 Å². The summed E-state index contributed by atoms with van der Waals surface area (Å²) in [4.78, 5) is 24.5. The third-order valence-electron chi connectivity index (χ3n) is 5.45. The summed E-state index contributed by atoms with van der Waals surface area (Å²) in [5.74, 6) is -1.67. The molecule has 0 bridgehead atoms. The Morgan fingerprint density at radius 2 is 1.88 bits per heavy atom. The number of aliphatic hydroxyl groups excluding tert-OH is 2. The van der Waals surface area contributed by atoms with E-state index in [4.69, 9.17) is 5.11 Å². The number of fused-ring (bicyclic) bond motifs is 1. The molecule has 3 N–H and O–H groups in total. The van der Waals surface area contributed by atoms with Gasteiger partial charge < -0.3 is 15.3 Å². The first-order valence-electron chi connectivity index (χ1n) is 11.2. The van der Waals surface area contributed by atoms with E-state index >= 15 is 0 Å². The summed E-state index contributed by atoms with van der Waals surface area (Å²) in [6.07, 6.45) is 8.84. The van der Waals surface area contributed by atoms with Crippen LogP contribution < -0.4 is 0 Å². The molecule has 5 nitrogen and oxygen atoms in total. The molecule has 0 radical (unpaired) electrons. The topological polar surface area (TPSA) is 94.8 Å². The Bertz CT molecular complexity index is 894. The van der Waals surface area contributed by atoms with Crippen LogP contribution in [0.3, 0.4) is 0 Å². The quantitative estimate of drug-likeness (QED) is 0.273. The van der Waals surface area contributed by atoms with Crippen molar-refractivity contribution in [2.24, 2.45) is 17.8 Å². The Morgan fingerprint density at radius 3 is 2.53 bits per heavy atom. The van der Waals surface area contributed by atoms with Gasteiger partial charge in [-0.15, -0.1) is 11.3 Å². The highest BCUT2D eigenvalue weighted by Gasteiger charge is 2.27. The highest BCUT2D eigenvalue weighted by molar-refractivity contribution is 7.19. The van der Waals surface area contributed by atoms with E-state index in [1.807, 2.05) is 38.1 Å². The maximum Gasteiger partial charge on any atom is 0.303 e. The van der Waals surface area contributed by atoms with Crippen molar-refractivity contribution in [3.63, 3.8) is 0 Å². The predicted molar refractivity (Wildman–Crippen MR) is 130 cm³/mol. The summed E-state index contributed by atoms with van der Waals surface area (Å²) in [7, 11) is 0. The van der Waals surface area contributed by atoms with Gasteiger partial charge in [0.2, 0.25) is 0 Å². The molecule has 6 heteroatoms. The number of unbranched alkanes of at least 4 members (excludes halogenated alkanes) is 1. The SMILES string of the molecule is CC(C)C(=O)C(CC=CCCCC(=O)O)C(C=CC(O)Cc1cc2ccccc2s1)CO. The number of hydrogen-bond donors (Lipinski definition) is 3. The number of benzene rings is 1. The molecule has 0 amide bonds. The molecule has 3 atom stereocenters. The molecule has 0 aliphatic carbocycles. The molecule has 0 saturated heterocycles. The minimum Gasteiger partial charge on any atom is -0.481 e. The average molecular weight is 459 g/mol. The predicted octanol–water partition coefficient (Wildman–Crippen LogP) is 5.01. The van der Waals surface area contributed by atoms with Gasteiger partial charge in [-0.05, 0) is 36.8 Å². The highest BCUT2D eigenvalue weighted by atomic mass is 32.1. The molecule has 3 unspecified atom stereocenters. The number of carboxylic acids is 1. The van der Waals surface area contributed by atoms with Crippen LogP contribution >= 0.6 is 11.3 Å². The second-order valence-electron chi connectivity index (χ2n) is 8.41. The van der Waals surface area contributed by atoms with Crippen molar-refractivity contribution in [2.75, 3.05) is 6.61 Å². The number of carbonyl (C=O) groups excluding carboxylic acids is 1. The molecule has 0 aliphatic heterocycles. The fourth-order valence-corrected chi connectivity index (χ4v) is 4.78. The van der Waals surface area contributed by atoms with Crippen molar-refractivity contribution < 1.29 is 24.9 Å². The van der Waals surface area contributed by atoms with Gasteiger partial charge in [0.1, 0.15) is 5.78 Å². The van der Waals surface area contributed by atoms with E-state index < -0.39 is 12.1 Å². The lowest BCUT2D eigenvalue weighted by Gasteiger charge is -2.23. The summed E-state index contributed by atoms with van der Waals surface area (Å²) < 4.78 is 1.18. The monoisotopic (exact) mass is 458 g/mol. The molecular weight excluding hydrogens is 424 g/mol. The van der Waals surface area contributed by atoms with Crippen molar-refractivity contribution in [3.8, 4) is 0 Å². The Labute approximate surface area is 194 Å². The van der Waals surface area contributed by atoms with Crippen molar-refractivity contribution in [1.82, 2.24) is 0 Å². The number of carboxylic acid groups (broad SMARTS) is 1. The Balaban J connectivity index is 2.00. The Kier molecular flexibility index (Phi) is 10.8. The van der Waals surface area contributed by atoms with Crippen molar-refractivity contribution in [2.45, 2.75) is 52.1 Å². The second-order valence-corrected chi connectivity index (χ2v) is 9.58. The molecule has 174 valence electrons. The molecule has 0 fully saturated rings. The number of aliphatic carboxylic acids is 1. The fraction of sp³-hybridized carbons (Fsp3) is 0.462. The van der Waals surface area contributed by atoms with E-state index in [1.165, 1.54) is 4.70 Å². The zero-order valence-electron chi connectivity index (χ0n) is 18.8. The number of hydrogen-bond acceptors (Lipinski definition) is 5. The number of aliphatic hydroxyl groups is 2. The van der Waals surface area contributed by atoms with E-state index in [0.29, 0.717) is 25.7 Å². The van der Waals surface area contributed by atoms with Gasteiger partial charge in [-0.1, -0.05) is 56.4 Å². The van der Waals surface area contributed by atoms with Crippen LogP contribution in [0.2, 0.25) is 0 Å². The van der Waals surface area contributed by atoms with E-state index in [1.54, 1.807) is 23.5 Å². The van der Waals surface area contributed by atoms with Crippen molar-refractivity contribution in [3.05, 3.63) is 59.5 Å². The smallest absolute Gasteiger partial charge is 0.303 e. The number of allylic oxidation sites excluding steroid dienone is 2. The van der Waals surface area contributed by atoms with Crippen molar-refractivity contribution >= 4 is 33.2 Å². The van der Waals surface area contributed by atoms with Crippen LogP contribution in [0.25, 0.3) is 10.1 Å². The van der Waals surface area contributed by atoms with E-state index in [2.05, 4.69) is 18.2 Å². The lowest BCUT2D eigenvalue weighted by atomic mass is 9.81. The van der Waals surface area contributed by atoms with Crippen LogP contribution in [-0.4, -0.2) is 39.8 Å². The third-order valence-corrected chi connectivity index (χ3v) is 6.59. The summed E-state index contributed by atoms with van der Waals surface area (Å²) in [5, 5.41) is 30.3. The molecule has 2 aromatic rings. The molecule has 1 aromatic carbocycles. The normalized spacial score (nSPS) is 15.0. The molecule has 32 heavy (non-hydrogen) atoms. The summed E-state index contributed by atoms with van der Waals surface area (Å²) in [6.45, 7) is 3.52. The van der Waals surface area contributed by atoms with Crippen LogP contribution in [0.4, 0.5) is 0 Å². The van der Waals surface area contributed by atoms with E-state index in [0.717, 1.165) is 10.3 Å². The van der Waals surface area contributed by atoms with Crippen LogP contribution in [0.5, 0.6) is 0 Å². The zero-order chi connectivity index (χ0) is 23.5. The third kappa shape index (κ3) is 8.34. The number of ketones is 1. The zero-order valence-corrected chi connectivity index (χ0v) is 19.6. The lowest BCUT2D eigenvalue weighted by molar-refractivity contribution is -0.137. The average Bonchev–Trinajstić information content (AvgIpc) is 3.16. The van der Waals surface area contributed by atoms with Gasteiger partial charge in [-0.2, -0.15) is 0 Å². The van der Waals surface area contributed by atoms with Crippen molar-refractivity contribution in [1.29, 1.82) is 0 Å². The first kappa shape index (κ1) is 26.0. The molecule has 0 aliphatic rings. The first-order chi connectivity index (χ1) is 15.3. The molecule has 0 saturated carbocycles. The molecule has 1 heterocycles. The van der Waals surface area contributed by atoms with Gasteiger partial charge >= 0.3 is 5.97 Å². The maximum absolute atomic E-state index is 12.8. The van der Waals surface area contributed by atoms with Crippen LogP contribution in [0, 0.1) is 17.8 Å². The van der Waals surface area contributed by atoms with Gasteiger partial charge in [0.05, 0.1) is 12.7 Å². The van der Waals surface area contributed by atoms with E-state index in [-0.39, 0.29) is 36.6 Å². The standard InChI is InChI=1S/C26H34O5S/c1-18(2)26(31)23(10-5-3-4-6-12-25(29)30)20(17-27)13-14-21(28)16-22-15-19-9-7-8-11-24(19)32-22/h3,5,7-9,11,13-15,18,20-21,23,27-28H,4,6,10,12,16-17H2,1-2H3,(H,29,30). The summed E-state index contributed by atoms with van der Waals surface area (Å²) in [5.41, 5.74) is 0. The second kappa shape index (κ2) is 13.3. The van der Waals surface area contributed by atoms with Gasteiger partial charge in [0.15, 0.2) is 0 Å². The highest BCUT2D eigenvalue weighted by Crippen LogP contribution is 2.27.